The Morgan fingerprint density at radius 1 is 1.05 bits per heavy atom. The average Bonchev–Trinajstić information content (AvgIpc) is 2.52. The molecule has 0 fully saturated rings. The molecule has 2 nitrogen and oxygen atoms in total. The zero-order valence-electron chi connectivity index (χ0n) is 12.0. The monoisotopic (exact) mass is 291 g/mol. The molecule has 4 heteroatoms. The van der Waals surface area contributed by atoms with E-state index < -0.39 is 6.43 Å². The predicted octanol–water partition coefficient (Wildman–Crippen LogP) is 4.77. The number of alkyl halides is 2. The van der Waals surface area contributed by atoms with E-state index in [1.54, 1.807) is 12.1 Å². The van der Waals surface area contributed by atoms with Crippen LogP contribution >= 0.6 is 0 Å². The molecule has 0 unspecified atom stereocenters. The minimum atomic E-state index is -2.42. The molecular weight excluding hydrogens is 272 g/mol. The fourth-order valence-corrected chi connectivity index (χ4v) is 2.01. The molecule has 0 bridgehead atoms. The lowest BCUT2D eigenvalue weighted by Gasteiger charge is -2.12. The van der Waals surface area contributed by atoms with E-state index in [9.17, 15) is 8.78 Å². The summed E-state index contributed by atoms with van der Waals surface area (Å²) in [7, 11) is 0. The number of halogens is 2. The molecular formula is C17H19F2NO. The van der Waals surface area contributed by atoms with Gasteiger partial charge in [0.1, 0.15) is 0 Å². The van der Waals surface area contributed by atoms with Crippen LogP contribution in [0.25, 0.3) is 0 Å². The van der Waals surface area contributed by atoms with Gasteiger partial charge in [0.2, 0.25) is 0 Å². The molecule has 0 saturated carbocycles. The summed E-state index contributed by atoms with van der Waals surface area (Å²) >= 11 is 0. The van der Waals surface area contributed by atoms with Gasteiger partial charge in [-0.25, -0.2) is 8.78 Å². The van der Waals surface area contributed by atoms with Gasteiger partial charge in [0, 0.05) is 30.0 Å². The van der Waals surface area contributed by atoms with Gasteiger partial charge in [0.25, 0.3) is 6.43 Å². The van der Waals surface area contributed by atoms with Crippen LogP contribution in [0.3, 0.4) is 0 Å². The first-order valence-corrected chi connectivity index (χ1v) is 6.97. The highest BCUT2D eigenvalue weighted by molar-refractivity contribution is 5.51. The average molecular weight is 291 g/mol. The molecule has 2 aromatic rings. The molecule has 0 aliphatic heterocycles. The lowest BCUT2D eigenvalue weighted by Crippen LogP contribution is -2.03. The Balaban J connectivity index is 1.99. The van der Waals surface area contributed by atoms with Crippen molar-refractivity contribution in [1.29, 1.82) is 0 Å². The van der Waals surface area contributed by atoms with Crippen molar-refractivity contribution in [1.82, 2.24) is 0 Å². The van der Waals surface area contributed by atoms with E-state index in [0.717, 1.165) is 16.8 Å². The predicted molar refractivity (Wildman–Crippen MR) is 80.5 cm³/mol. The van der Waals surface area contributed by atoms with Gasteiger partial charge >= 0.3 is 0 Å². The number of para-hydroxylation sites is 1. The third-order valence-corrected chi connectivity index (χ3v) is 3.19. The number of ether oxygens (including phenoxy) is 1. The molecule has 21 heavy (non-hydrogen) atoms. The van der Waals surface area contributed by atoms with E-state index in [1.165, 1.54) is 12.1 Å². The zero-order valence-corrected chi connectivity index (χ0v) is 12.0. The summed E-state index contributed by atoms with van der Waals surface area (Å²) in [5.41, 5.74) is 3.11. The van der Waals surface area contributed by atoms with Gasteiger partial charge in [-0.15, -0.1) is 0 Å². The third kappa shape index (κ3) is 4.53. The standard InChI is InChI=1S/C17H19F2NO/c1-2-21-12-15-5-3-4-6-16(15)20-11-13-7-9-14(10-8-13)17(18)19/h3-10,17,20H,2,11-12H2,1H3. The van der Waals surface area contributed by atoms with E-state index in [1.807, 2.05) is 31.2 Å². The highest BCUT2D eigenvalue weighted by Crippen LogP contribution is 2.20. The van der Waals surface area contributed by atoms with Crippen LogP contribution in [-0.4, -0.2) is 6.61 Å². The first kappa shape index (κ1) is 15.4. The highest BCUT2D eigenvalue weighted by atomic mass is 19.3. The number of benzene rings is 2. The Bertz CT molecular complexity index is 555. The summed E-state index contributed by atoms with van der Waals surface area (Å²) in [6, 6.07) is 14.3. The number of hydrogen-bond donors (Lipinski definition) is 1. The van der Waals surface area contributed by atoms with Crippen LogP contribution in [0.1, 0.15) is 30.0 Å². The van der Waals surface area contributed by atoms with E-state index >= 15 is 0 Å². The van der Waals surface area contributed by atoms with Crippen LogP contribution in [0.4, 0.5) is 14.5 Å². The van der Waals surface area contributed by atoms with Gasteiger partial charge < -0.3 is 10.1 Å². The Morgan fingerprint density at radius 2 is 1.76 bits per heavy atom. The normalized spacial score (nSPS) is 10.9. The van der Waals surface area contributed by atoms with Crippen LogP contribution in [-0.2, 0) is 17.9 Å². The highest BCUT2D eigenvalue weighted by Gasteiger charge is 2.06. The van der Waals surface area contributed by atoms with Gasteiger partial charge in [-0.3, -0.25) is 0 Å². The van der Waals surface area contributed by atoms with Crippen LogP contribution in [0, 0.1) is 0 Å². The number of rotatable bonds is 7. The molecule has 0 heterocycles. The van der Waals surface area contributed by atoms with Crippen molar-refractivity contribution in [3.05, 3.63) is 65.2 Å². The second-order valence-corrected chi connectivity index (χ2v) is 4.69. The number of hydrogen-bond acceptors (Lipinski definition) is 2. The molecule has 0 aliphatic rings. The molecule has 0 saturated heterocycles. The molecule has 2 aromatic carbocycles. The van der Waals surface area contributed by atoms with Crippen molar-refractivity contribution in [3.8, 4) is 0 Å². The van der Waals surface area contributed by atoms with Crippen molar-refractivity contribution in [2.24, 2.45) is 0 Å². The minimum Gasteiger partial charge on any atom is -0.381 e. The van der Waals surface area contributed by atoms with Crippen LogP contribution in [0.15, 0.2) is 48.5 Å². The second kappa shape index (κ2) is 7.74. The Morgan fingerprint density at radius 3 is 2.43 bits per heavy atom. The Hall–Kier alpha value is -1.94. The summed E-state index contributed by atoms with van der Waals surface area (Å²) in [6.45, 7) is 3.78. The largest absolute Gasteiger partial charge is 0.381 e. The molecule has 1 N–H and O–H groups in total. The zero-order chi connectivity index (χ0) is 15.1. The Labute approximate surface area is 123 Å². The van der Waals surface area contributed by atoms with Crippen LogP contribution in [0.2, 0.25) is 0 Å². The van der Waals surface area contributed by atoms with E-state index in [4.69, 9.17) is 4.74 Å². The number of nitrogens with one attached hydrogen (secondary N) is 1. The first-order valence-electron chi connectivity index (χ1n) is 6.97. The molecule has 0 amide bonds. The van der Waals surface area contributed by atoms with E-state index in [0.29, 0.717) is 19.8 Å². The SMILES string of the molecule is CCOCc1ccccc1NCc1ccc(C(F)F)cc1. The maximum atomic E-state index is 12.5. The smallest absolute Gasteiger partial charge is 0.263 e. The summed E-state index contributed by atoms with van der Waals surface area (Å²) in [6.07, 6.45) is -2.42. The third-order valence-electron chi connectivity index (χ3n) is 3.19. The molecule has 112 valence electrons. The summed E-state index contributed by atoms with van der Waals surface area (Å²) in [5.74, 6) is 0. The molecule has 0 aliphatic carbocycles. The molecule has 2 rings (SSSR count). The van der Waals surface area contributed by atoms with E-state index in [-0.39, 0.29) is 5.56 Å². The van der Waals surface area contributed by atoms with Gasteiger partial charge in [-0.05, 0) is 18.6 Å². The van der Waals surface area contributed by atoms with Crippen molar-refractivity contribution in [2.45, 2.75) is 26.5 Å². The topological polar surface area (TPSA) is 21.3 Å². The van der Waals surface area contributed by atoms with Crippen LogP contribution in [0.5, 0.6) is 0 Å². The van der Waals surface area contributed by atoms with Crippen molar-refractivity contribution in [3.63, 3.8) is 0 Å². The molecule has 0 aromatic heterocycles. The molecule has 0 spiro atoms. The summed E-state index contributed by atoms with van der Waals surface area (Å²) < 4.78 is 30.4. The summed E-state index contributed by atoms with van der Waals surface area (Å²) in [4.78, 5) is 0. The molecule has 0 radical (unpaired) electrons. The maximum absolute atomic E-state index is 12.5. The second-order valence-electron chi connectivity index (χ2n) is 4.69. The molecule has 0 atom stereocenters. The lowest BCUT2D eigenvalue weighted by molar-refractivity contribution is 0.134. The van der Waals surface area contributed by atoms with Gasteiger partial charge in [0.15, 0.2) is 0 Å². The summed E-state index contributed by atoms with van der Waals surface area (Å²) in [5, 5.41) is 3.32. The maximum Gasteiger partial charge on any atom is 0.263 e. The van der Waals surface area contributed by atoms with Crippen molar-refractivity contribution in [2.75, 3.05) is 11.9 Å². The number of anilines is 1. The minimum absolute atomic E-state index is 0.0514. The fraction of sp³-hybridized carbons (Fsp3) is 0.294. The van der Waals surface area contributed by atoms with Gasteiger partial charge in [-0.1, -0.05) is 42.5 Å². The lowest BCUT2D eigenvalue weighted by atomic mass is 10.1. The van der Waals surface area contributed by atoms with Crippen molar-refractivity contribution < 1.29 is 13.5 Å². The van der Waals surface area contributed by atoms with Gasteiger partial charge in [-0.2, -0.15) is 0 Å². The fourth-order valence-electron chi connectivity index (χ4n) is 2.01. The van der Waals surface area contributed by atoms with Crippen LogP contribution < -0.4 is 5.32 Å². The Kier molecular flexibility index (Phi) is 5.69. The van der Waals surface area contributed by atoms with Crippen molar-refractivity contribution >= 4 is 5.69 Å². The quantitative estimate of drug-likeness (QED) is 0.793. The van der Waals surface area contributed by atoms with Gasteiger partial charge in [0.05, 0.1) is 6.61 Å². The van der Waals surface area contributed by atoms with E-state index in [2.05, 4.69) is 5.32 Å². The first-order chi connectivity index (χ1) is 10.2.